The number of aliphatic hydroxyl groups excluding tert-OH is 1. The summed E-state index contributed by atoms with van der Waals surface area (Å²) in [4.78, 5) is 10.3. The summed E-state index contributed by atoms with van der Waals surface area (Å²) in [5, 5.41) is 23.0. The van der Waals surface area contributed by atoms with Crippen molar-refractivity contribution >= 4 is 27.3 Å². The number of aliphatic hydroxyl groups is 1. The Morgan fingerprint density at radius 2 is 2.24 bits per heavy atom. The zero-order chi connectivity index (χ0) is 13.0. The molecule has 0 amide bonds. The number of benzene rings is 1. The summed E-state index contributed by atoms with van der Waals surface area (Å²) in [5.41, 5.74) is 1.50. The number of rotatable bonds is 5. The van der Waals surface area contributed by atoms with Crippen LogP contribution in [0.2, 0.25) is 0 Å². The molecule has 0 saturated carbocycles. The van der Waals surface area contributed by atoms with Crippen LogP contribution in [0.15, 0.2) is 16.6 Å². The maximum absolute atomic E-state index is 10.7. The van der Waals surface area contributed by atoms with Crippen LogP contribution >= 0.6 is 15.9 Å². The largest absolute Gasteiger partial charge is 0.393 e. The van der Waals surface area contributed by atoms with E-state index in [1.54, 1.807) is 19.9 Å². The van der Waals surface area contributed by atoms with Crippen molar-refractivity contribution < 1.29 is 10.0 Å². The third-order valence-corrected chi connectivity index (χ3v) is 3.02. The van der Waals surface area contributed by atoms with Crippen LogP contribution in [0.5, 0.6) is 0 Å². The van der Waals surface area contributed by atoms with Crippen molar-refractivity contribution in [3.63, 3.8) is 0 Å². The number of nitro benzene ring substituents is 1. The molecule has 0 aliphatic rings. The lowest BCUT2D eigenvalue weighted by Gasteiger charge is -2.10. The molecule has 0 saturated heterocycles. The van der Waals surface area contributed by atoms with E-state index in [0.29, 0.717) is 23.0 Å². The van der Waals surface area contributed by atoms with Gasteiger partial charge in [0.2, 0.25) is 0 Å². The van der Waals surface area contributed by atoms with Crippen LogP contribution in [0.3, 0.4) is 0 Å². The Labute approximate surface area is 108 Å². The molecule has 0 fully saturated rings. The average Bonchev–Trinajstić information content (AvgIpc) is 2.21. The number of nitrogens with one attached hydrogen (secondary N) is 1. The molecule has 1 unspecified atom stereocenters. The van der Waals surface area contributed by atoms with Crippen LogP contribution in [-0.2, 0) is 0 Å². The number of hydrogen-bond acceptors (Lipinski definition) is 4. The van der Waals surface area contributed by atoms with Crippen LogP contribution in [0, 0.1) is 17.0 Å². The third kappa shape index (κ3) is 3.98. The molecule has 0 heterocycles. The van der Waals surface area contributed by atoms with Crippen LogP contribution in [-0.4, -0.2) is 22.7 Å². The van der Waals surface area contributed by atoms with E-state index in [4.69, 9.17) is 5.11 Å². The van der Waals surface area contributed by atoms with Crippen molar-refractivity contribution in [2.24, 2.45) is 0 Å². The summed E-state index contributed by atoms with van der Waals surface area (Å²) in [7, 11) is 0. The minimum atomic E-state index is -0.403. The van der Waals surface area contributed by atoms with Gasteiger partial charge in [-0.25, -0.2) is 0 Å². The molecule has 0 aliphatic heterocycles. The minimum Gasteiger partial charge on any atom is -0.393 e. The number of halogens is 1. The summed E-state index contributed by atoms with van der Waals surface area (Å²) in [6, 6.07) is 3.21. The Bertz CT molecular complexity index is 421. The van der Waals surface area contributed by atoms with Gasteiger partial charge in [-0.3, -0.25) is 10.1 Å². The van der Waals surface area contributed by atoms with Crippen molar-refractivity contribution in [2.75, 3.05) is 11.9 Å². The number of nitrogens with zero attached hydrogens (tertiary/aromatic N) is 1. The summed E-state index contributed by atoms with van der Waals surface area (Å²) >= 11 is 3.29. The fourth-order valence-corrected chi connectivity index (χ4v) is 1.89. The summed E-state index contributed by atoms with van der Waals surface area (Å²) < 4.78 is 0.653. The Morgan fingerprint density at radius 1 is 1.59 bits per heavy atom. The van der Waals surface area contributed by atoms with E-state index in [-0.39, 0.29) is 11.8 Å². The Kier molecular flexibility index (Phi) is 4.89. The molecule has 1 aromatic rings. The molecule has 0 bridgehead atoms. The zero-order valence-electron chi connectivity index (χ0n) is 9.74. The van der Waals surface area contributed by atoms with Crippen LogP contribution in [0.4, 0.5) is 11.4 Å². The fraction of sp³-hybridized carbons (Fsp3) is 0.455. The smallest absolute Gasteiger partial charge is 0.273 e. The van der Waals surface area contributed by atoms with E-state index in [9.17, 15) is 10.1 Å². The van der Waals surface area contributed by atoms with E-state index in [1.165, 1.54) is 6.07 Å². The Balaban J connectivity index is 2.81. The van der Waals surface area contributed by atoms with Crippen molar-refractivity contribution in [1.29, 1.82) is 0 Å². The van der Waals surface area contributed by atoms with Gasteiger partial charge in [-0.05, 0) is 42.3 Å². The minimum absolute atomic E-state index is 0.0953. The normalized spacial score (nSPS) is 12.2. The van der Waals surface area contributed by atoms with Crippen LogP contribution in [0.25, 0.3) is 0 Å². The number of anilines is 1. The Morgan fingerprint density at radius 3 is 2.76 bits per heavy atom. The highest BCUT2D eigenvalue weighted by atomic mass is 79.9. The highest BCUT2D eigenvalue weighted by Crippen LogP contribution is 2.30. The van der Waals surface area contributed by atoms with Gasteiger partial charge < -0.3 is 10.4 Å². The van der Waals surface area contributed by atoms with Crippen molar-refractivity contribution in [2.45, 2.75) is 26.4 Å². The molecule has 1 atom stereocenters. The van der Waals surface area contributed by atoms with Gasteiger partial charge in [0, 0.05) is 28.3 Å². The Hall–Kier alpha value is -1.14. The molecule has 1 aromatic carbocycles. The highest BCUT2D eigenvalue weighted by Gasteiger charge is 2.13. The first-order valence-corrected chi connectivity index (χ1v) is 6.07. The number of aryl methyl sites for hydroxylation is 1. The molecule has 17 heavy (non-hydrogen) atoms. The predicted octanol–water partition coefficient (Wildman–Crippen LogP) is 2.85. The van der Waals surface area contributed by atoms with Crippen molar-refractivity contribution in [1.82, 2.24) is 0 Å². The molecule has 0 aromatic heterocycles. The van der Waals surface area contributed by atoms with E-state index in [0.717, 1.165) is 5.69 Å². The standard InChI is InChI=1S/C11H15BrN2O3/c1-7-5-10(13-4-3-8(2)15)9(12)6-11(7)14(16)17/h5-6,8,13,15H,3-4H2,1-2H3. The van der Waals surface area contributed by atoms with Gasteiger partial charge in [-0.1, -0.05) is 0 Å². The summed E-state index contributed by atoms with van der Waals surface area (Å²) in [5.74, 6) is 0. The number of hydrogen-bond donors (Lipinski definition) is 2. The molecule has 0 aliphatic carbocycles. The van der Waals surface area contributed by atoms with E-state index in [1.807, 2.05) is 0 Å². The lowest BCUT2D eigenvalue weighted by molar-refractivity contribution is -0.385. The van der Waals surface area contributed by atoms with E-state index >= 15 is 0 Å². The van der Waals surface area contributed by atoms with Gasteiger partial charge >= 0.3 is 0 Å². The van der Waals surface area contributed by atoms with Crippen LogP contribution in [0.1, 0.15) is 18.9 Å². The molecule has 94 valence electrons. The maximum Gasteiger partial charge on any atom is 0.273 e. The highest BCUT2D eigenvalue weighted by molar-refractivity contribution is 9.10. The molecular formula is C11H15BrN2O3. The monoisotopic (exact) mass is 302 g/mol. The lowest BCUT2D eigenvalue weighted by Crippen LogP contribution is -2.10. The van der Waals surface area contributed by atoms with Gasteiger partial charge in [0.05, 0.1) is 11.0 Å². The molecule has 1 rings (SSSR count). The topological polar surface area (TPSA) is 75.4 Å². The molecule has 6 heteroatoms. The summed E-state index contributed by atoms with van der Waals surface area (Å²) in [6.07, 6.45) is 0.267. The van der Waals surface area contributed by atoms with E-state index < -0.39 is 4.92 Å². The van der Waals surface area contributed by atoms with Crippen molar-refractivity contribution in [3.05, 3.63) is 32.3 Å². The predicted molar refractivity (Wildman–Crippen MR) is 70.3 cm³/mol. The van der Waals surface area contributed by atoms with Gasteiger partial charge in [0.1, 0.15) is 0 Å². The SMILES string of the molecule is Cc1cc(NCCC(C)O)c(Br)cc1[N+](=O)[O-]. The third-order valence-electron chi connectivity index (χ3n) is 2.36. The zero-order valence-corrected chi connectivity index (χ0v) is 11.3. The first kappa shape index (κ1) is 13.9. The maximum atomic E-state index is 10.7. The molecule has 0 spiro atoms. The average molecular weight is 303 g/mol. The van der Waals surface area contributed by atoms with Gasteiger partial charge in [0.25, 0.3) is 5.69 Å². The van der Waals surface area contributed by atoms with Gasteiger partial charge in [-0.2, -0.15) is 0 Å². The first-order chi connectivity index (χ1) is 7.91. The lowest BCUT2D eigenvalue weighted by atomic mass is 10.2. The molecular weight excluding hydrogens is 288 g/mol. The second-order valence-corrected chi connectivity index (χ2v) is 4.79. The van der Waals surface area contributed by atoms with Crippen molar-refractivity contribution in [3.8, 4) is 0 Å². The number of nitro groups is 1. The summed E-state index contributed by atoms with van der Waals surface area (Å²) in [6.45, 7) is 4.04. The second-order valence-electron chi connectivity index (χ2n) is 3.94. The molecule has 2 N–H and O–H groups in total. The molecule has 0 radical (unpaired) electrons. The van der Waals surface area contributed by atoms with Crippen LogP contribution < -0.4 is 5.32 Å². The van der Waals surface area contributed by atoms with Gasteiger partial charge in [0.15, 0.2) is 0 Å². The quantitative estimate of drug-likeness (QED) is 0.648. The van der Waals surface area contributed by atoms with Gasteiger partial charge in [-0.15, -0.1) is 0 Å². The van der Waals surface area contributed by atoms with E-state index in [2.05, 4.69) is 21.2 Å². The fourth-order valence-electron chi connectivity index (χ4n) is 1.42. The molecule has 5 nitrogen and oxygen atoms in total. The second kappa shape index (κ2) is 5.97. The first-order valence-electron chi connectivity index (χ1n) is 5.28.